The van der Waals surface area contributed by atoms with Gasteiger partial charge in [0, 0.05) is 49.1 Å². The van der Waals surface area contributed by atoms with Crippen molar-refractivity contribution in [2.24, 2.45) is 0 Å². The lowest BCUT2D eigenvalue weighted by Crippen LogP contribution is -2.34. The summed E-state index contributed by atoms with van der Waals surface area (Å²) in [5.41, 5.74) is 0.967. The Morgan fingerprint density at radius 2 is 2.18 bits per heavy atom. The molecule has 0 atom stereocenters. The highest BCUT2D eigenvalue weighted by atomic mass is 32.2. The maximum atomic E-state index is 11.7. The van der Waals surface area contributed by atoms with E-state index in [1.165, 1.54) is 18.0 Å². The maximum Gasteiger partial charge on any atom is 0.325 e. The van der Waals surface area contributed by atoms with E-state index < -0.39 is 4.92 Å². The van der Waals surface area contributed by atoms with Crippen LogP contribution < -0.4 is 10.0 Å². The molecule has 0 unspecified atom stereocenters. The Morgan fingerprint density at radius 1 is 1.32 bits per heavy atom. The number of non-ortho nitro benzene ring substituents is 1. The first-order valence-corrected chi connectivity index (χ1v) is 9.46. The van der Waals surface area contributed by atoms with Gasteiger partial charge >= 0.3 is 6.03 Å². The second-order valence-corrected chi connectivity index (χ2v) is 6.81. The minimum absolute atomic E-state index is 0.0909. The van der Waals surface area contributed by atoms with E-state index in [1.807, 2.05) is 24.1 Å². The number of carbonyl (C=O) groups is 1. The molecule has 0 bridgehead atoms. The average molecular weight is 405 g/mol. The number of ether oxygens (including phenoxy) is 1. The van der Waals surface area contributed by atoms with Gasteiger partial charge in [-0.05, 0) is 36.7 Å². The summed E-state index contributed by atoms with van der Waals surface area (Å²) in [6.45, 7) is 2.56. The van der Waals surface area contributed by atoms with Crippen LogP contribution in [0.3, 0.4) is 0 Å². The van der Waals surface area contributed by atoms with Crippen LogP contribution in [0.2, 0.25) is 0 Å². The van der Waals surface area contributed by atoms with Crippen molar-refractivity contribution in [3.05, 3.63) is 64.5 Å². The van der Waals surface area contributed by atoms with Gasteiger partial charge in [0.2, 0.25) is 0 Å². The SMILES string of the molecule is CN(CCOCCNC(=O)NSc1cccnc1)Cc1cccc([N+](=O)[O-])c1. The fourth-order valence-electron chi connectivity index (χ4n) is 2.27. The summed E-state index contributed by atoms with van der Waals surface area (Å²) in [7, 11) is 1.92. The van der Waals surface area contributed by atoms with E-state index in [0.29, 0.717) is 32.8 Å². The fourth-order valence-corrected chi connectivity index (χ4v) is 2.81. The molecule has 10 heteroatoms. The Bertz CT molecular complexity index is 763. The van der Waals surface area contributed by atoms with Crippen molar-refractivity contribution in [3.63, 3.8) is 0 Å². The Balaban J connectivity index is 1.53. The number of nitro benzene ring substituents is 1. The second-order valence-electron chi connectivity index (χ2n) is 5.93. The summed E-state index contributed by atoms with van der Waals surface area (Å²) < 4.78 is 8.17. The topological polar surface area (TPSA) is 110 Å². The van der Waals surface area contributed by atoms with Gasteiger partial charge in [0.25, 0.3) is 5.69 Å². The van der Waals surface area contributed by atoms with Gasteiger partial charge in [0.1, 0.15) is 0 Å². The van der Waals surface area contributed by atoms with Crippen molar-refractivity contribution in [1.29, 1.82) is 0 Å². The van der Waals surface area contributed by atoms with Gasteiger partial charge < -0.3 is 10.1 Å². The lowest BCUT2D eigenvalue weighted by molar-refractivity contribution is -0.384. The Hall–Kier alpha value is -2.69. The zero-order valence-corrected chi connectivity index (χ0v) is 16.4. The first-order valence-electron chi connectivity index (χ1n) is 8.65. The molecule has 0 aliphatic rings. The molecule has 2 aromatic rings. The molecular weight excluding hydrogens is 382 g/mol. The summed E-state index contributed by atoms with van der Waals surface area (Å²) in [5.74, 6) is 0. The molecule has 0 aliphatic heterocycles. The number of hydrogen-bond donors (Lipinski definition) is 2. The molecule has 0 saturated carbocycles. The number of likely N-dealkylation sites (N-methyl/N-ethyl adjacent to an activating group) is 1. The Morgan fingerprint density at radius 3 is 2.93 bits per heavy atom. The van der Waals surface area contributed by atoms with Crippen LogP contribution in [-0.4, -0.2) is 54.2 Å². The molecule has 0 fully saturated rings. The summed E-state index contributed by atoms with van der Waals surface area (Å²) in [4.78, 5) is 28.9. The van der Waals surface area contributed by atoms with Gasteiger partial charge in [0.15, 0.2) is 0 Å². The molecule has 1 aromatic heterocycles. The van der Waals surface area contributed by atoms with Gasteiger partial charge in [-0.2, -0.15) is 0 Å². The van der Waals surface area contributed by atoms with Crippen LogP contribution in [0.4, 0.5) is 10.5 Å². The summed E-state index contributed by atoms with van der Waals surface area (Å²) >= 11 is 1.19. The van der Waals surface area contributed by atoms with Crippen LogP contribution in [0.25, 0.3) is 0 Å². The van der Waals surface area contributed by atoms with Gasteiger partial charge in [-0.1, -0.05) is 12.1 Å². The second kappa shape index (κ2) is 11.9. The van der Waals surface area contributed by atoms with E-state index in [4.69, 9.17) is 4.74 Å². The molecule has 28 heavy (non-hydrogen) atoms. The third kappa shape index (κ3) is 8.33. The number of rotatable bonds is 11. The van der Waals surface area contributed by atoms with Crippen molar-refractivity contribution in [1.82, 2.24) is 19.9 Å². The van der Waals surface area contributed by atoms with Crippen LogP contribution in [0.15, 0.2) is 53.7 Å². The molecule has 9 nitrogen and oxygen atoms in total. The predicted molar refractivity (Wildman–Crippen MR) is 107 cm³/mol. The minimum atomic E-state index is -0.398. The number of amides is 2. The number of benzene rings is 1. The summed E-state index contributed by atoms with van der Waals surface area (Å²) in [6, 6.07) is 9.95. The van der Waals surface area contributed by atoms with Gasteiger partial charge in [-0.3, -0.25) is 24.7 Å². The first kappa shape index (κ1) is 21.6. The standard InChI is InChI=1S/C18H23N5O4S/c1-22(14-15-4-2-5-16(12-15)23(25)26)9-11-27-10-8-20-18(24)21-28-17-6-3-7-19-13-17/h2-7,12-13H,8-11,14H2,1H3,(H2,20,21,24). The molecule has 2 rings (SSSR count). The molecule has 2 N–H and O–H groups in total. The number of nitro groups is 1. The monoisotopic (exact) mass is 405 g/mol. The maximum absolute atomic E-state index is 11.7. The lowest BCUT2D eigenvalue weighted by atomic mass is 10.2. The number of nitrogens with one attached hydrogen (secondary N) is 2. The number of nitrogens with zero attached hydrogens (tertiary/aromatic N) is 3. The molecule has 0 spiro atoms. The molecule has 0 aliphatic carbocycles. The molecule has 1 aromatic carbocycles. The largest absolute Gasteiger partial charge is 0.378 e. The number of urea groups is 1. The highest BCUT2D eigenvalue weighted by molar-refractivity contribution is 7.98. The van der Waals surface area contributed by atoms with Crippen LogP contribution in [0.1, 0.15) is 5.56 Å². The van der Waals surface area contributed by atoms with Crippen LogP contribution in [0.5, 0.6) is 0 Å². The summed E-state index contributed by atoms with van der Waals surface area (Å²) in [5, 5.41) is 13.5. The van der Waals surface area contributed by atoms with E-state index in [1.54, 1.807) is 30.6 Å². The van der Waals surface area contributed by atoms with Crippen molar-refractivity contribution in [2.75, 3.05) is 33.4 Å². The van der Waals surface area contributed by atoms with E-state index >= 15 is 0 Å². The van der Waals surface area contributed by atoms with Gasteiger partial charge in [-0.15, -0.1) is 0 Å². The van der Waals surface area contributed by atoms with E-state index in [2.05, 4.69) is 15.0 Å². The van der Waals surface area contributed by atoms with Crippen molar-refractivity contribution >= 4 is 23.7 Å². The first-order chi connectivity index (χ1) is 13.5. The van der Waals surface area contributed by atoms with Crippen molar-refractivity contribution in [3.8, 4) is 0 Å². The third-order valence-corrected chi connectivity index (χ3v) is 4.38. The van der Waals surface area contributed by atoms with Crippen LogP contribution in [0, 0.1) is 10.1 Å². The van der Waals surface area contributed by atoms with Crippen LogP contribution >= 0.6 is 11.9 Å². The highest BCUT2D eigenvalue weighted by Gasteiger charge is 2.07. The fraction of sp³-hybridized carbons (Fsp3) is 0.333. The van der Waals surface area contributed by atoms with Crippen LogP contribution in [-0.2, 0) is 11.3 Å². The average Bonchev–Trinajstić information content (AvgIpc) is 2.70. The number of pyridine rings is 1. The molecule has 0 radical (unpaired) electrons. The molecule has 150 valence electrons. The van der Waals surface area contributed by atoms with E-state index in [0.717, 1.165) is 10.5 Å². The predicted octanol–water partition coefficient (Wildman–Crippen LogP) is 2.44. The zero-order chi connectivity index (χ0) is 20.2. The number of aromatic nitrogens is 1. The molecule has 2 amide bonds. The van der Waals surface area contributed by atoms with Crippen molar-refractivity contribution in [2.45, 2.75) is 11.4 Å². The third-order valence-electron chi connectivity index (χ3n) is 3.62. The molecule has 0 saturated heterocycles. The lowest BCUT2D eigenvalue weighted by Gasteiger charge is -2.16. The minimum Gasteiger partial charge on any atom is -0.378 e. The normalized spacial score (nSPS) is 10.6. The number of hydrogen-bond acceptors (Lipinski definition) is 7. The van der Waals surface area contributed by atoms with Gasteiger partial charge in [0.05, 0.1) is 18.1 Å². The summed E-state index contributed by atoms with van der Waals surface area (Å²) in [6.07, 6.45) is 3.33. The quantitative estimate of drug-likeness (QED) is 0.256. The highest BCUT2D eigenvalue weighted by Crippen LogP contribution is 2.14. The van der Waals surface area contributed by atoms with E-state index in [-0.39, 0.29) is 11.7 Å². The van der Waals surface area contributed by atoms with Crippen molar-refractivity contribution < 1.29 is 14.5 Å². The zero-order valence-electron chi connectivity index (χ0n) is 15.5. The van der Waals surface area contributed by atoms with Gasteiger partial charge in [-0.25, -0.2) is 4.79 Å². The molecular formula is C18H23N5O4S. The smallest absolute Gasteiger partial charge is 0.325 e. The Kier molecular flexibility index (Phi) is 9.19. The molecule has 1 heterocycles. The Labute approximate surface area is 167 Å². The number of carbonyl (C=O) groups excluding carboxylic acids is 1. The van der Waals surface area contributed by atoms with E-state index in [9.17, 15) is 14.9 Å².